The summed E-state index contributed by atoms with van der Waals surface area (Å²) in [6.45, 7) is 0.778. The van der Waals surface area contributed by atoms with Crippen LogP contribution in [0.15, 0.2) is 79.1 Å². The van der Waals surface area contributed by atoms with Gasteiger partial charge in [0.2, 0.25) is 11.8 Å². The van der Waals surface area contributed by atoms with E-state index in [4.69, 9.17) is 18.9 Å². The Morgan fingerprint density at radius 3 is 2.62 bits per heavy atom. The molecule has 4 aromatic rings. The van der Waals surface area contributed by atoms with Crippen LogP contribution >= 0.6 is 0 Å². The number of hydrogen-bond donors (Lipinski definition) is 1. The van der Waals surface area contributed by atoms with Crippen molar-refractivity contribution in [2.24, 2.45) is 0 Å². The number of para-hydroxylation sites is 2. The van der Waals surface area contributed by atoms with Gasteiger partial charge in [-0.3, -0.25) is 14.4 Å². The molecule has 0 saturated carbocycles. The Bertz CT molecular complexity index is 1790. The molecule has 3 aliphatic rings. The van der Waals surface area contributed by atoms with E-state index >= 15 is 0 Å². The van der Waals surface area contributed by atoms with E-state index < -0.39 is 6.10 Å². The monoisotopic (exact) mass is 653 g/mol. The predicted octanol–water partition coefficient (Wildman–Crippen LogP) is 4.00. The predicted molar refractivity (Wildman–Crippen MR) is 177 cm³/mol. The van der Waals surface area contributed by atoms with Gasteiger partial charge < -0.3 is 34.1 Å². The number of carbonyl (C=O) groups is 3. The molecule has 48 heavy (non-hydrogen) atoms. The number of nitrogens with zero attached hydrogens (tertiary/aromatic N) is 4. The Hall–Kier alpha value is -5.36. The molecule has 0 radical (unpaired) electrons. The van der Waals surface area contributed by atoms with Crippen molar-refractivity contribution in [3.63, 3.8) is 0 Å². The molecule has 4 bridgehead atoms. The molecular formula is C36H39N5O7. The Morgan fingerprint density at radius 1 is 0.958 bits per heavy atom. The number of nitrogens with one attached hydrogen (secondary N) is 1. The molecule has 4 heterocycles. The lowest BCUT2D eigenvalue weighted by molar-refractivity contribution is -0.135. The van der Waals surface area contributed by atoms with Crippen molar-refractivity contribution in [3.8, 4) is 28.7 Å². The molecule has 1 aromatic heterocycles. The molecule has 3 aromatic carbocycles. The van der Waals surface area contributed by atoms with Crippen LogP contribution in [-0.2, 0) is 27.4 Å². The molecule has 1 saturated heterocycles. The Morgan fingerprint density at radius 2 is 1.79 bits per heavy atom. The number of carbonyl (C=O) groups excluding carboxylic acids is 3. The van der Waals surface area contributed by atoms with Crippen molar-refractivity contribution in [3.05, 3.63) is 95.8 Å². The molecule has 0 aliphatic carbocycles. The van der Waals surface area contributed by atoms with Crippen molar-refractivity contribution in [2.75, 3.05) is 40.9 Å². The topological polar surface area (TPSA) is 124 Å². The normalized spacial score (nSPS) is 18.9. The first-order chi connectivity index (χ1) is 23.3. The molecule has 3 aliphatic heterocycles. The zero-order valence-corrected chi connectivity index (χ0v) is 27.3. The molecular weight excluding hydrogens is 614 g/mol. The highest BCUT2D eigenvalue weighted by atomic mass is 16.5. The van der Waals surface area contributed by atoms with Crippen LogP contribution in [0, 0.1) is 0 Å². The van der Waals surface area contributed by atoms with E-state index in [0.29, 0.717) is 53.6 Å². The molecule has 12 heteroatoms. The SMILES string of the molecule is COc1cc2ccc1Oc1cccc(c1)CO[C@H]1CN(C(=O)c3cnn(-c4ccccc4OC)c3)CC[C@@H]1NC(=O)CN(C)C(=O)CC2. The summed E-state index contributed by atoms with van der Waals surface area (Å²) >= 11 is 0. The summed E-state index contributed by atoms with van der Waals surface area (Å²) in [4.78, 5) is 43.0. The number of likely N-dealkylation sites (tertiary alicyclic amines) is 1. The van der Waals surface area contributed by atoms with Crippen molar-refractivity contribution in [1.29, 1.82) is 0 Å². The van der Waals surface area contributed by atoms with E-state index in [-0.39, 0.29) is 49.9 Å². The number of hydrogen-bond acceptors (Lipinski definition) is 8. The fourth-order valence-electron chi connectivity index (χ4n) is 5.98. The van der Waals surface area contributed by atoms with Gasteiger partial charge in [-0.15, -0.1) is 0 Å². The Labute approximate surface area is 279 Å². The number of methoxy groups -OCH3 is 2. The third kappa shape index (κ3) is 7.44. The summed E-state index contributed by atoms with van der Waals surface area (Å²) in [5.74, 6) is 1.70. The lowest BCUT2D eigenvalue weighted by Crippen LogP contribution is -2.57. The number of likely N-dealkylation sites (N-methyl/N-ethyl adjacent to an activating group) is 1. The Balaban J connectivity index is 1.23. The number of aryl methyl sites for hydroxylation is 1. The minimum atomic E-state index is -0.518. The first-order valence-corrected chi connectivity index (χ1v) is 15.9. The number of aromatic nitrogens is 2. The van der Waals surface area contributed by atoms with E-state index in [9.17, 15) is 14.4 Å². The van der Waals surface area contributed by atoms with Crippen LogP contribution in [0.4, 0.5) is 0 Å². The average molecular weight is 654 g/mol. The zero-order valence-electron chi connectivity index (χ0n) is 27.3. The van der Waals surface area contributed by atoms with Gasteiger partial charge in [0.1, 0.15) is 17.2 Å². The van der Waals surface area contributed by atoms with Gasteiger partial charge in [0, 0.05) is 32.8 Å². The maximum atomic E-state index is 13.7. The lowest BCUT2D eigenvalue weighted by atomic mass is 10.0. The molecule has 0 unspecified atom stereocenters. The number of ether oxygens (including phenoxy) is 4. The number of amides is 3. The smallest absolute Gasteiger partial charge is 0.257 e. The molecule has 1 N–H and O–H groups in total. The van der Waals surface area contributed by atoms with Crippen molar-refractivity contribution in [1.82, 2.24) is 24.9 Å². The number of benzene rings is 3. The van der Waals surface area contributed by atoms with E-state index in [1.807, 2.05) is 66.7 Å². The highest BCUT2D eigenvalue weighted by Crippen LogP contribution is 2.33. The first kappa shape index (κ1) is 32.6. The van der Waals surface area contributed by atoms with Gasteiger partial charge >= 0.3 is 0 Å². The van der Waals surface area contributed by atoms with Gasteiger partial charge in [0.15, 0.2) is 11.5 Å². The van der Waals surface area contributed by atoms with E-state index in [1.54, 1.807) is 37.0 Å². The second-order valence-electron chi connectivity index (χ2n) is 11.9. The molecule has 3 amide bonds. The largest absolute Gasteiger partial charge is 0.494 e. The molecule has 250 valence electrons. The summed E-state index contributed by atoms with van der Waals surface area (Å²) in [5, 5.41) is 7.48. The quantitative estimate of drug-likeness (QED) is 0.351. The van der Waals surface area contributed by atoms with Crippen LogP contribution < -0.4 is 19.5 Å². The minimum absolute atomic E-state index is 0.0923. The van der Waals surface area contributed by atoms with Crippen LogP contribution in [0.1, 0.15) is 34.3 Å². The van der Waals surface area contributed by atoms with E-state index in [2.05, 4.69) is 10.4 Å². The standard InChI is InChI=1S/C36H39N5O7/c1-39-22-34(42)38-28-15-16-40(36(44)26-19-37-41(20-26)29-9-4-5-10-30(29)45-2)21-33(28)47-23-25-7-6-8-27(17-25)48-31-13-11-24(12-14-35(39)43)18-32(31)46-3/h4-11,13,17-20,28,33H,12,14-16,21-23H2,1-3H3,(H,38,42)/t28-,33-/m0/s1. The van der Waals surface area contributed by atoms with Gasteiger partial charge in [0.05, 0.1) is 51.3 Å². The third-order valence-electron chi connectivity index (χ3n) is 8.61. The average Bonchev–Trinajstić information content (AvgIpc) is 3.60. The number of rotatable bonds is 4. The van der Waals surface area contributed by atoms with Crippen LogP contribution in [0.3, 0.4) is 0 Å². The van der Waals surface area contributed by atoms with Crippen LogP contribution in [0.25, 0.3) is 5.69 Å². The highest BCUT2D eigenvalue weighted by Gasteiger charge is 2.34. The minimum Gasteiger partial charge on any atom is -0.494 e. The summed E-state index contributed by atoms with van der Waals surface area (Å²) in [6, 6.07) is 20.2. The maximum Gasteiger partial charge on any atom is 0.257 e. The first-order valence-electron chi connectivity index (χ1n) is 15.9. The zero-order chi connectivity index (χ0) is 33.6. The summed E-state index contributed by atoms with van der Waals surface area (Å²) in [7, 11) is 4.78. The molecule has 0 spiro atoms. The highest BCUT2D eigenvalue weighted by molar-refractivity contribution is 5.94. The summed E-state index contributed by atoms with van der Waals surface area (Å²) in [5.41, 5.74) is 2.92. The fourth-order valence-corrected chi connectivity index (χ4v) is 5.98. The van der Waals surface area contributed by atoms with Crippen molar-refractivity contribution < 1.29 is 33.3 Å². The summed E-state index contributed by atoms with van der Waals surface area (Å²) < 4.78 is 25.3. The van der Waals surface area contributed by atoms with E-state index in [1.165, 1.54) is 11.1 Å². The second-order valence-corrected chi connectivity index (χ2v) is 11.9. The molecule has 7 rings (SSSR count). The van der Waals surface area contributed by atoms with Crippen molar-refractivity contribution >= 4 is 17.7 Å². The Kier molecular flexibility index (Phi) is 9.91. The van der Waals surface area contributed by atoms with Gasteiger partial charge in [0.25, 0.3) is 5.91 Å². The number of piperidine rings is 1. The lowest BCUT2D eigenvalue weighted by Gasteiger charge is -2.38. The number of fused-ring (bicyclic) bond motifs is 9. The second kappa shape index (κ2) is 14.6. The molecule has 1 fully saturated rings. The third-order valence-corrected chi connectivity index (χ3v) is 8.61. The van der Waals surface area contributed by atoms with Gasteiger partial charge in [-0.2, -0.15) is 5.10 Å². The van der Waals surface area contributed by atoms with Crippen LogP contribution in [-0.4, -0.2) is 90.3 Å². The van der Waals surface area contributed by atoms with Crippen molar-refractivity contribution in [2.45, 2.75) is 38.0 Å². The van der Waals surface area contributed by atoms with Gasteiger partial charge in [-0.1, -0.05) is 30.3 Å². The van der Waals surface area contributed by atoms with Gasteiger partial charge in [-0.25, -0.2) is 4.68 Å². The summed E-state index contributed by atoms with van der Waals surface area (Å²) in [6.07, 6.45) is 3.89. The van der Waals surface area contributed by atoms with Gasteiger partial charge in [-0.05, 0) is 60.4 Å². The van der Waals surface area contributed by atoms with Crippen LogP contribution in [0.5, 0.6) is 23.0 Å². The van der Waals surface area contributed by atoms with E-state index in [0.717, 1.165) is 11.1 Å². The maximum absolute atomic E-state index is 13.7. The fraction of sp³-hybridized carbons (Fsp3) is 0.333. The molecule has 2 atom stereocenters. The molecule has 12 nitrogen and oxygen atoms in total. The van der Waals surface area contributed by atoms with Crippen LogP contribution in [0.2, 0.25) is 0 Å².